The van der Waals surface area contributed by atoms with Crippen molar-refractivity contribution in [2.24, 2.45) is 5.73 Å². The Labute approximate surface area is 145 Å². The molecular weight excluding hydrogens is 320 g/mol. The predicted molar refractivity (Wildman–Crippen MR) is 97.5 cm³/mol. The van der Waals surface area contributed by atoms with E-state index in [1.807, 2.05) is 0 Å². The summed E-state index contributed by atoms with van der Waals surface area (Å²) in [6.07, 6.45) is 0. The molecule has 0 fully saturated rings. The molecule has 5 nitrogen and oxygen atoms in total. The van der Waals surface area contributed by atoms with E-state index < -0.39 is 20.4 Å². The fourth-order valence-corrected chi connectivity index (χ4v) is 3.47. The lowest BCUT2D eigenvalue weighted by molar-refractivity contribution is 0.0556. The van der Waals surface area contributed by atoms with E-state index in [0.717, 1.165) is 0 Å². The SMILES string of the molecule is CC([C@H](N)CO[Si](C)(C)C(C)(C)C)N1C(=O)c2ccccc2C1=O. The van der Waals surface area contributed by atoms with Crippen molar-refractivity contribution >= 4 is 20.1 Å². The summed E-state index contributed by atoms with van der Waals surface area (Å²) in [5, 5.41) is 0.0888. The van der Waals surface area contributed by atoms with Crippen molar-refractivity contribution in [1.82, 2.24) is 4.90 Å². The maximum absolute atomic E-state index is 12.5. The lowest BCUT2D eigenvalue weighted by Crippen LogP contribution is -2.53. The van der Waals surface area contributed by atoms with Crippen LogP contribution in [0, 0.1) is 0 Å². The van der Waals surface area contributed by atoms with Crippen LogP contribution in [0.2, 0.25) is 18.1 Å². The molecule has 1 aromatic carbocycles. The first-order valence-corrected chi connectivity index (χ1v) is 11.2. The van der Waals surface area contributed by atoms with Crippen LogP contribution in [0.15, 0.2) is 24.3 Å². The van der Waals surface area contributed by atoms with Gasteiger partial charge in [-0.2, -0.15) is 0 Å². The van der Waals surface area contributed by atoms with Gasteiger partial charge >= 0.3 is 0 Å². The Balaban J connectivity index is 2.09. The molecule has 1 heterocycles. The summed E-state index contributed by atoms with van der Waals surface area (Å²) >= 11 is 0. The first-order chi connectivity index (χ1) is 11.0. The lowest BCUT2D eigenvalue weighted by atomic mass is 10.1. The summed E-state index contributed by atoms with van der Waals surface area (Å²) in [6, 6.07) is 6.06. The van der Waals surface area contributed by atoms with Crippen LogP contribution >= 0.6 is 0 Å². The zero-order chi connectivity index (χ0) is 18.3. The van der Waals surface area contributed by atoms with Gasteiger partial charge in [0.15, 0.2) is 8.32 Å². The predicted octanol–water partition coefficient (Wildman–Crippen LogP) is 3.02. The van der Waals surface area contributed by atoms with Crippen molar-refractivity contribution in [3.63, 3.8) is 0 Å². The van der Waals surface area contributed by atoms with Crippen LogP contribution in [0.25, 0.3) is 0 Å². The molecular formula is C18H28N2O3Si. The Bertz CT molecular complexity index is 617. The molecule has 1 aromatic rings. The molecule has 0 aliphatic carbocycles. The van der Waals surface area contributed by atoms with Crippen LogP contribution in [0.4, 0.5) is 0 Å². The van der Waals surface area contributed by atoms with E-state index in [1.165, 1.54) is 4.90 Å². The monoisotopic (exact) mass is 348 g/mol. The minimum Gasteiger partial charge on any atom is -0.415 e. The number of carbonyl (C=O) groups excluding carboxylic acids is 2. The van der Waals surface area contributed by atoms with E-state index in [-0.39, 0.29) is 16.9 Å². The third-order valence-electron chi connectivity index (χ3n) is 5.30. The first kappa shape index (κ1) is 18.8. The molecule has 0 saturated carbocycles. The second kappa shape index (κ2) is 6.42. The van der Waals surface area contributed by atoms with Gasteiger partial charge in [-0.15, -0.1) is 0 Å². The van der Waals surface area contributed by atoms with Gasteiger partial charge in [0.05, 0.1) is 23.8 Å². The molecule has 6 heteroatoms. The van der Waals surface area contributed by atoms with Crippen LogP contribution in [0.1, 0.15) is 48.4 Å². The second-order valence-corrected chi connectivity index (χ2v) is 12.8. The number of fused-ring (bicyclic) bond motifs is 1. The van der Waals surface area contributed by atoms with Crippen molar-refractivity contribution in [1.29, 1.82) is 0 Å². The molecule has 2 N–H and O–H groups in total. The zero-order valence-corrected chi connectivity index (χ0v) is 16.4. The van der Waals surface area contributed by atoms with Crippen molar-refractivity contribution < 1.29 is 14.0 Å². The zero-order valence-electron chi connectivity index (χ0n) is 15.4. The highest BCUT2D eigenvalue weighted by molar-refractivity contribution is 6.74. The lowest BCUT2D eigenvalue weighted by Gasteiger charge is -2.38. The van der Waals surface area contributed by atoms with Gasteiger partial charge in [-0.25, -0.2) is 0 Å². The van der Waals surface area contributed by atoms with E-state index in [2.05, 4.69) is 33.9 Å². The van der Waals surface area contributed by atoms with E-state index in [1.54, 1.807) is 31.2 Å². The number of hydrogen-bond donors (Lipinski definition) is 1. The molecule has 2 amide bonds. The van der Waals surface area contributed by atoms with Crippen molar-refractivity contribution in [2.45, 2.75) is 57.9 Å². The number of carbonyl (C=O) groups is 2. The van der Waals surface area contributed by atoms with Crippen molar-refractivity contribution in [3.05, 3.63) is 35.4 Å². The quantitative estimate of drug-likeness (QED) is 0.656. The van der Waals surface area contributed by atoms with Gasteiger partial charge in [0.25, 0.3) is 11.8 Å². The van der Waals surface area contributed by atoms with Gasteiger partial charge in [0.2, 0.25) is 0 Å². The summed E-state index contributed by atoms with van der Waals surface area (Å²) in [5.74, 6) is -0.545. The standard InChI is InChI=1S/C18H28N2O3Si/c1-12(15(19)11-23-24(5,6)18(2,3)4)20-16(21)13-9-7-8-10-14(13)17(20)22/h7-10,12,15H,11,19H2,1-6H3/t12?,15-/m1/s1. The van der Waals surface area contributed by atoms with Crippen LogP contribution in [0.3, 0.4) is 0 Å². The van der Waals surface area contributed by atoms with Gasteiger partial charge in [0, 0.05) is 6.04 Å². The van der Waals surface area contributed by atoms with Crippen molar-refractivity contribution in [2.75, 3.05) is 6.61 Å². The molecule has 2 atom stereocenters. The van der Waals surface area contributed by atoms with Crippen LogP contribution in [-0.4, -0.2) is 43.7 Å². The van der Waals surface area contributed by atoms with Gasteiger partial charge in [-0.1, -0.05) is 32.9 Å². The molecule has 1 aliphatic rings. The normalized spacial score (nSPS) is 17.9. The number of nitrogens with zero attached hydrogens (tertiary/aromatic N) is 1. The van der Waals surface area contributed by atoms with Gasteiger partial charge in [0.1, 0.15) is 0 Å². The third-order valence-corrected chi connectivity index (χ3v) is 9.80. The Hall–Kier alpha value is -1.50. The highest BCUT2D eigenvalue weighted by Crippen LogP contribution is 2.36. The van der Waals surface area contributed by atoms with Gasteiger partial charge in [-0.05, 0) is 37.2 Å². The summed E-state index contributed by atoms with van der Waals surface area (Å²) in [4.78, 5) is 26.3. The first-order valence-electron chi connectivity index (χ1n) is 8.34. The van der Waals surface area contributed by atoms with Crippen LogP contribution in [0.5, 0.6) is 0 Å². The molecule has 2 rings (SSSR count). The maximum atomic E-state index is 12.5. The Kier molecular flexibility index (Phi) is 5.04. The molecule has 132 valence electrons. The largest absolute Gasteiger partial charge is 0.415 e. The summed E-state index contributed by atoms with van der Waals surface area (Å²) < 4.78 is 6.15. The fraction of sp³-hybridized carbons (Fsp3) is 0.556. The van der Waals surface area contributed by atoms with Gasteiger partial charge < -0.3 is 10.2 Å². The van der Waals surface area contributed by atoms with E-state index in [0.29, 0.717) is 17.7 Å². The number of nitrogens with two attached hydrogens (primary N) is 1. The Morgan fingerprint density at radius 3 is 2.00 bits per heavy atom. The molecule has 24 heavy (non-hydrogen) atoms. The highest BCUT2D eigenvalue weighted by Gasteiger charge is 2.41. The second-order valence-electron chi connectivity index (χ2n) is 8.00. The molecule has 1 unspecified atom stereocenters. The fourth-order valence-electron chi connectivity index (χ4n) is 2.43. The minimum atomic E-state index is -1.92. The molecule has 1 aliphatic heterocycles. The van der Waals surface area contributed by atoms with E-state index >= 15 is 0 Å². The van der Waals surface area contributed by atoms with Gasteiger partial charge in [-0.3, -0.25) is 14.5 Å². The molecule has 0 saturated heterocycles. The maximum Gasteiger partial charge on any atom is 0.261 e. The molecule has 0 bridgehead atoms. The number of rotatable bonds is 5. The summed E-state index contributed by atoms with van der Waals surface area (Å²) in [6.45, 7) is 13.0. The van der Waals surface area contributed by atoms with Crippen molar-refractivity contribution in [3.8, 4) is 0 Å². The topological polar surface area (TPSA) is 72.6 Å². The van der Waals surface area contributed by atoms with Crippen LogP contribution in [-0.2, 0) is 4.43 Å². The Morgan fingerprint density at radius 2 is 1.58 bits per heavy atom. The third kappa shape index (κ3) is 3.31. The smallest absolute Gasteiger partial charge is 0.261 e. The Morgan fingerprint density at radius 1 is 1.12 bits per heavy atom. The highest BCUT2D eigenvalue weighted by atomic mass is 28.4. The molecule has 0 radical (unpaired) electrons. The number of imide groups is 1. The van der Waals surface area contributed by atoms with E-state index in [4.69, 9.17) is 10.2 Å². The average molecular weight is 349 g/mol. The molecule has 0 spiro atoms. The minimum absolute atomic E-state index is 0.0888. The number of amides is 2. The van der Waals surface area contributed by atoms with E-state index in [9.17, 15) is 9.59 Å². The average Bonchev–Trinajstić information content (AvgIpc) is 2.75. The molecule has 0 aromatic heterocycles. The number of hydrogen-bond acceptors (Lipinski definition) is 4. The summed E-state index contributed by atoms with van der Waals surface area (Å²) in [7, 11) is -1.92. The number of benzene rings is 1. The van der Waals surface area contributed by atoms with Crippen LogP contribution < -0.4 is 5.73 Å². The summed E-state index contributed by atoms with van der Waals surface area (Å²) in [5.41, 5.74) is 7.16.